The van der Waals surface area contributed by atoms with Crippen LogP contribution < -0.4 is 5.90 Å². The molecule has 21 heavy (non-hydrogen) atoms. The van der Waals surface area contributed by atoms with Crippen LogP contribution >= 0.6 is 0 Å². The number of hydrogen-bond donors (Lipinski definition) is 1. The first kappa shape index (κ1) is 18.2. The number of carbonyl (C=O) groups excluding carboxylic acids is 1. The smallest absolute Gasteiger partial charge is 0.410 e. The van der Waals surface area contributed by atoms with Crippen molar-refractivity contribution in [3.63, 3.8) is 0 Å². The second-order valence-electron chi connectivity index (χ2n) is 7.95. The van der Waals surface area contributed by atoms with Crippen LogP contribution in [-0.4, -0.2) is 36.3 Å². The lowest BCUT2D eigenvalue weighted by Crippen LogP contribution is -2.43. The van der Waals surface area contributed by atoms with E-state index in [0.717, 1.165) is 32.4 Å². The third-order valence-electron chi connectivity index (χ3n) is 3.87. The molecule has 5 nitrogen and oxygen atoms in total. The van der Waals surface area contributed by atoms with Crippen molar-refractivity contribution in [2.45, 2.75) is 65.9 Å². The first-order valence-corrected chi connectivity index (χ1v) is 7.92. The molecule has 1 aliphatic heterocycles. The van der Waals surface area contributed by atoms with Gasteiger partial charge in [0.2, 0.25) is 0 Å². The largest absolute Gasteiger partial charge is 0.444 e. The predicted octanol–water partition coefficient (Wildman–Crippen LogP) is 3.33. The van der Waals surface area contributed by atoms with Crippen molar-refractivity contribution in [2.24, 2.45) is 17.2 Å². The molecule has 1 aliphatic rings. The topological polar surface area (TPSA) is 64.8 Å². The molecule has 1 saturated heterocycles. The number of amides is 1. The molecule has 0 radical (unpaired) electrons. The van der Waals surface area contributed by atoms with Crippen molar-refractivity contribution in [2.75, 3.05) is 19.7 Å². The lowest BCUT2D eigenvalue weighted by molar-refractivity contribution is 0.0140. The van der Waals surface area contributed by atoms with Crippen molar-refractivity contribution in [1.82, 2.24) is 4.90 Å². The summed E-state index contributed by atoms with van der Waals surface area (Å²) in [5, 5.41) is 0. The highest BCUT2D eigenvalue weighted by atomic mass is 16.6. The first-order chi connectivity index (χ1) is 9.63. The van der Waals surface area contributed by atoms with Crippen molar-refractivity contribution in [3.8, 4) is 0 Å². The molecule has 0 aliphatic carbocycles. The predicted molar refractivity (Wildman–Crippen MR) is 83.7 cm³/mol. The number of ether oxygens (including phenoxy) is 1. The zero-order valence-corrected chi connectivity index (χ0v) is 14.3. The van der Waals surface area contributed by atoms with Crippen LogP contribution in [0.5, 0.6) is 0 Å². The molecule has 1 amide bonds. The van der Waals surface area contributed by atoms with Gasteiger partial charge in [-0.1, -0.05) is 13.8 Å². The van der Waals surface area contributed by atoms with Gasteiger partial charge in [0.25, 0.3) is 0 Å². The van der Waals surface area contributed by atoms with Gasteiger partial charge in [-0.2, -0.15) is 0 Å². The SMILES string of the molecule is CC(C)(CCC1CCCN(C(=O)OC(C)(C)C)C1)CON. The first-order valence-electron chi connectivity index (χ1n) is 7.92. The maximum atomic E-state index is 12.1. The lowest BCUT2D eigenvalue weighted by Gasteiger charge is -2.35. The van der Waals surface area contributed by atoms with Gasteiger partial charge in [-0.15, -0.1) is 0 Å². The minimum Gasteiger partial charge on any atom is -0.444 e. The van der Waals surface area contributed by atoms with Crippen LogP contribution in [0.4, 0.5) is 4.79 Å². The van der Waals surface area contributed by atoms with Crippen LogP contribution in [0.1, 0.15) is 60.3 Å². The van der Waals surface area contributed by atoms with E-state index < -0.39 is 5.60 Å². The summed E-state index contributed by atoms with van der Waals surface area (Å²) in [4.78, 5) is 18.8. The molecule has 0 bridgehead atoms. The number of hydrogen-bond acceptors (Lipinski definition) is 4. The third kappa shape index (κ3) is 7.14. The van der Waals surface area contributed by atoms with Gasteiger partial charge in [0.15, 0.2) is 0 Å². The van der Waals surface area contributed by atoms with E-state index >= 15 is 0 Å². The highest BCUT2D eigenvalue weighted by molar-refractivity contribution is 5.68. The van der Waals surface area contributed by atoms with Crippen molar-refractivity contribution in [3.05, 3.63) is 0 Å². The molecule has 0 aromatic heterocycles. The van der Waals surface area contributed by atoms with E-state index in [1.807, 2.05) is 25.7 Å². The molecule has 1 rings (SSSR count). The Labute approximate surface area is 129 Å². The summed E-state index contributed by atoms with van der Waals surface area (Å²) < 4.78 is 5.46. The Hall–Kier alpha value is -0.810. The highest BCUT2D eigenvalue weighted by Gasteiger charge is 2.29. The summed E-state index contributed by atoms with van der Waals surface area (Å²) >= 11 is 0. The van der Waals surface area contributed by atoms with Crippen molar-refractivity contribution >= 4 is 6.09 Å². The van der Waals surface area contributed by atoms with Gasteiger partial charge in [-0.3, -0.25) is 0 Å². The van der Waals surface area contributed by atoms with Gasteiger partial charge in [0.05, 0.1) is 6.61 Å². The Morgan fingerprint density at radius 3 is 2.52 bits per heavy atom. The van der Waals surface area contributed by atoms with Gasteiger partial charge in [-0.25, -0.2) is 10.7 Å². The molecule has 5 heteroatoms. The molecule has 1 heterocycles. The van der Waals surface area contributed by atoms with E-state index in [4.69, 9.17) is 15.5 Å². The fourth-order valence-corrected chi connectivity index (χ4v) is 2.69. The van der Waals surface area contributed by atoms with Crippen LogP contribution in [0.3, 0.4) is 0 Å². The van der Waals surface area contributed by atoms with Gasteiger partial charge in [0, 0.05) is 13.1 Å². The van der Waals surface area contributed by atoms with E-state index in [1.54, 1.807) is 0 Å². The van der Waals surface area contributed by atoms with Crippen molar-refractivity contribution < 1.29 is 14.4 Å². The normalized spacial score (nSPS) is 20.5. The van der Waals surface area contributed by atoms with Crippen LogP contribution in [0.15, 0.2) is 0 Å². The second kappa shape index (κ2) is 7.45. The fourth-order valence-electron chi connectivity index (χ4n) is 2.69. The van der Waals surface area contributed by atoms with E-state index in [0.29, 0.717) is 12.5 Å². The number of nitrogens with two attached hydrogens (primary N) is 1. The highest BCUT2D eigenvalue weighted by Crippen LogP contribution is 2.29. The molecule has 124 valence electrons. The summed E-state index contributed by atoms with van der Waals surface area (Å²) in [7, 11) is 0. The van der Waals surface area contributed by atoms with Gasteiger partial charge in [0.1, 0.15) is 5.60 Å². The number of nitrogens with zero attached hydrogens (tertiary/aromatic N) is 1. The molecule has 1 atom stereocenters. The standard InChI is InChI=1S/C16H32N2O3/c1-15(2,3)21-14(19)18-10-6-7-13(11-18)8-9-16(4,5)12-20-17/h13H,6-12,17H2,1-5H3. The van der Waals surface area contributed by atoms with Crippen LogP contribution in [-0.2, 0) is 9.57 Å². The third-order valence-corrected chi connectivity index (χ3v) is 3.87. The maximum Gasteiger partial charge on any atom is 0.410 e. The number of carbonyl (C=O) groups is 1. The Kier molecular flexibility index (Phi) is 6.47. The Balaban J connectivity index is 2.43. The van der Waals surface area contributed by atoms with Crippen LogP contribution in [0.25, 0.3) is 0 Å². The number of likely N-dealkylation sites (tertiary alicyclic amines) is 1. The summed E-state index contributed by atoms with van der Waals surface area (Å²) in [6, 6.07) is 0. The number of piperidine rings is 1. The van der Waals surface area contributed by atoms with Crippen LogP contribution in [0.2, 0.25) is 0 Å². The van der Waals surface area contributed by atoms with Crippen LogP contribution in [0, 0.1) is 11.3 Å². The van der Waals surface area contributed by atoms with E-state index in [2.05, 4.69) is 13.8 Å². The zero-order chi connectivity index (χ0) is 16.1. The molecule has 0 saturated carbocycles. The van der Waals surface area contributed by atoms with E-state index in [9.17, 15) is 4.79 Å². The average molecular weight is 300 g/mol. The average Bonchev–Trinajstić information content (AvgIpc) is 2.35. The van der Waals surface area contributed by atoms with E-state index in [1.165, 1.54) is 6.42 Å². The Morgan fingerprint density at radius 1 is 1.29 bits per heavy atom. The summed E-state index contributed by atoms with van der Waals surface area (Å²) in [6.07, 6.45) is 4.19. The maximum absolute atomic E-state index is 12.1. The minimum atomic E-state index is -0.426. The molecule has 1 fully saturated rings. The number of rotatable bonds is 5. The Morgan fingerprint density at radius 2 is 1.95 bits per heavy atom. The molecule has 0 aromatic rings. The second-order valence-corrected chi connectivity index (χ2v) is 7.95. The fraction of sp³-hybridized carbons (Fsp3) is 0.938. The molecular formula is C16H32N2O3. The minimum absolute atomic E-state index is 0.0863. The van der Waals surface area contributed by atoms with Gasteiger partial charge >= 0.3 is 6.09 Å². The molecule has 0 spiro atoms. The monoisotopic (exact) mass is 300 g/mol. The quantitative estimate of drug-likeness (QED) is 0.791. The Bertz CT molecular complexity index is 337. The zero-order valence-electron chi connectivity index (χ0n) is 14.3. The van der Waals surface area contributed by atoms with E-state index in [-0.39, 0.29) is 11.5 Å². The van der Waals surface area contributed by atoms with Gasteiger partial charge in [-0.05, 0) is 57.8 Å². The molecule has 2 N–H and O–H groups in total. The molecular weight excluding hydrogens is 268 g/mol. The molecule has 0 aromatic carbocycles. The lowest BCUT2D eigenvalue weighted by atomic mass is 9.83. The summed E-state index contributed by atoms with van der Waals surface area (Å²) in [5.74, 6) is 5.72. The van der Waals surface area contributed by atoms with Gasteiger partial charge < -0.3 is 14.5 Å². The summed E-state index contributed by atoms with van der Waals surface area (Å²) in [6.45, 7) is 12.2. The summed E-state index contributed by atoms with van der Waals surface area (Å²) in [5.41, 5.74) is -0.340. The van der Waals surface area contributed by atoms with Crippen molar-refractivity contribution in [1.29, 1.82) is 0 Å². The molecule has 1 unspecified atom stereocenters.